The molecule has 0 unspecified atom stereocenters. The smallest absolute Gasteiger partial charge is 0.136 e. The van der Waals surface area contributed by atoms with Gasteiger partial charge < -0.3 is 10.6 Å². The maximum absolute atomic E-state index is 13.8. The molecule has 4 heteroatoms. The fourth-order valence-corrected chi connectivity index (χ4v) is 2.23. The van der Waals surface area contributed by atoms with E-state index in [1.54, 1.807) is 6.07 Å². The van der Waals surface area contributed by atoms with Gasteiger partial charge in [-0.05, 0) is 31.4 Å². The lowest BCUT2D eigenvalue weighted by molar-refractivity contribution is 0.622. The van der Waals surface area contributed by atoms with E-state index >= 15 is 0 Å². The topological polar surface area (TPSA) is 53.1 Å². The molecule has 98 valence electrons. The average Bonchev–Trinajstić information content (AvgIpc) is 3.13. The van der Waals surface area contributed by atoms with Crippen molar-refractivity contribution in [3.8, 4) is 0 Å². The van der Waals surface area contributed by atoms with Gasteiger partial charge in [0.25, 0.3) is 0 Å². The van der Waals surface area contributed by atoms with Gasteiger partial charge in [0.15, 0.2) is 0 Å². The molecule has 1 aliphatic rings. The SMILES string of the molecule is CCCCN(c1cccc(F)c1C(=N)N)C1CC1. The number of unbranched alkanes of at least 4 members (excludes halogenated alkanes) is 1. The zero-order valence-electron chi connectivity index (χ0n) is 10.7. The van der Waals surface area contributed by atoms with Crippen LogP contribution in [0, 0.1) is 11.2 Å². The predicted molar refractivity (Wildman–Crippen MR) is 72.7 cm³/mol. The van der Waals surface area contributed by atoms with E-state index in [2.05, 4.69) is 11.8 Å². The van der Waals surface area contributed by atoms with E-state index in [0.29, 0.717) is 6.04 Å². The first-order valence-corrected chi connectivity index (χ1v) is 6.54. The van der Waals surface area contributed by atoms with E-state index in [1.165, 1.54) is 6.07 Å². The van der Waals surface area contributed by atoms with Gasteiger partial charge in [0, 0.05) is 12.6 Å². The van der Waals surface area contributed by atoms with Crippen LogP contribution in [0.15, 0.2) is 18.2 Å². The Labute approximate surface area is 107 Å². The molecule has 3 nitrogen and oxygen atoms in total. The van der Waals surface area contributed by atoms with Crippen LogP contribution in [-0.4, -0.2) is 18.4 Å². The van der Waals surface area contributed by atoms with Crippen LogP contribution in [0.1, 0.15) is 38.2 Å². The highest BCUT2D eigenvalue weighted by Gasteiger charge is 2.31. The Kier molecular flexibility index (Phi) is 3.84. The van der Waals surface area contributed by atoms with Gasteiger partial charge in [-0.25, -0.2) is 4.39 Å². The second kappa shape index (κ2) is 5.38. The van der Waals surface area contributed by atoms with E-state index < -0.39 is 5.82 Å². The largest absolute Gasteiger partial charge is 0.384 e. The highest BCUT2D eigenvalue weighted by atomic mass is 19.1. The van der Waals surface area contributed by atoms with E-state index in [-0.39, 0.29) is 11.4 Å². The standard InChI is InChI=1S/C14H20FN3/c1-2-3-9-18(10-7-8-10)12-6-4-5-11(15)13(12)14(16)17/h4-6,10H,2-3,7-9H2,1H3,(H3,16,17). The van der Waals surface area contributed by atoms with Crippen LogP contribution in [-0.2, 0) is 0 Å². The van der Waals surface area contributed by atoms with Crippen molar-refractivity contribution < 1.29 is 4.39 Å². The van der Waals surface area contributed by atoms with Gasteiger partial charge in [0.05, 0.1) is 11.3 Å². The number of nitrogen functional groups attached to an aromatic ring is 1. The van der Waals surface area contributed by atoms with E-state index in [4.69, 9.17) is 11.1 Å². The van der Waals surface area contributed by atoms with Gasteiger partial charge in [-0.15, -0.1) is 0 Å². The molecule has 0 aromatic heterocycles. The summed E-state index contributed by atoms with van der Waals surface area (Å²) in [5.74, 6) is -0.590. The number of hydrogen-bond acceptors (Lipinski definition) is 2. The Hall–Kier alpha value is -1.58. The molecule has 0 spiro atoms. The van der Waals surface area contributed by atoms with Gasteiger partial charge in [0.2, 0.25) is 0 Å². The van der Waals surface area contributed by atoms with E-state index in [0.717, 1.165) is 37.9 Å². The van der Waals surface area contributed by atoms with Crippen molar-refractivity contribution in [1.82, 2.24) is 0 Å². The number of anilines is 1. The zero-order chi connectivity index (χ0) is 13.1. The Bertz CT molecular complexity index is 441. The summed E-state index contributed by atoms with van der Waals surface area (Å²) < 4.78 is 13.8. The molecule has 1 aromatic carbocycles. The number of halogens is 1. The van der Waals surface area contributed by atoms with Crippen LogP contribution in [0.5, 0.6) is 0 Å². The number of nitrogens with two attached hydrogens (primary N) is 1. The highest BCUT2D eigenvalue weighted by molar-refractivity contribution is 6.00. The highest BCUT2D eigenvalue weighted by Crippen LogP contribution is 2.34. The summed E-state index contributed by atoms with van der Waals surface area (Å²) in [6, 6.07) is 5.42. The van der Waals surface area contributed by atoms with Gasteiger partial charge in [0.1, 0.15) is 11.7 Å². The molecule has 0 atom stereocenters. The third-order valence-corrected chi connectivity index (χ3v) is 3.31. The van der Waals surface area contributed by atoms with Crippen LogP contribution in [0.2, 0.25) is 0 Å². The van der Waals surface area contributed by atoms with E-state index in [9.17, 15) is 4.39 Å². The summed E-state index contributed by atoms with van der Waals surface area (Å²) >= 11 is 0. The third kappa shape index (κ3) is 2.63. The lowest BCUT2D eigenvalue weighted by Crippen LogP contribution is -2.30. The average molecular weight is 249 g/mol. The zero-order valence-corrected chi connectivity index (χ0v) is 10.7. The van der Waals surface area contributed by atoms with Crippen LogP contribution in [0.25, 0.3) is 0 Å². The molecule has 0 aliphatic heterocycles. The second-order valence-corrected chi connectivity index (χ2v) is 4.83. The number of amidine groups is 1. The first kappa shape index (κ1) is 12.9. The Morgan fingerprint density at radius 1 is 1.50 bits per heavy atom. The molecule has 0 bridgehead atoms. The summed E-state index contributed by atoms with van der Waals surface area (Å²) in [5.41, 5.74) is 6.55. The molecule has 0 amide bonds. The number of benzene rings is 1. The first-order chi connectivity index (χ1) is 8.65. The molecular formula is C14H20FN3. The summed E-state index contributed by atoms with van der Waals surface area (Å²) in [4.78, 5) is 2.21. The molecule has 2 rings (SSSR count). The Morgan fingerprint density at radius 2 is 2.22 bits per heavy atom. The predicted octanol–water partition coefficient (Wildman–Crippen LogP) is 2.88. The summed E-state index contributed by atoms with van der Waals surface area (Å²) in [5, 5.41) is 7.56. The van der Waals surface area contributed by atoms with Gasteiger partial charge in [-0.1, -0.05) is 19.4 Å². The molecule has 1 aliphatic carbocycles. The fraction of sp³-hybridized carbons (Fsp3) is 0.500. The lowest BCUT2D eigenvalue weighted by atomic mass is 10.1. The number of rotatable bonds is 6. The Morgan fingerprint density at radius 3 is 2.78 bits per heavy atom. The van der Waals surface area contributed by atoms with Crippen LogP contribution >= 0.6 is 0 Å². The fourth-order valence-electron chi connectivity index (χ4n) is 2.23. The van der Waals surface area contributed by atoms with Crippen LogP contribution in [0.4, 0.5) is 10.1 Å². The monoisotopic (exact) mass is 249 g/mol. The molecular weight excluding hydrogens is 229 g/mol. The molecule has 1 fully saturated rings. The number of nitrogens with zero attached hydrogens (tertiary/aromatic N) is 1. The molecule has 0 radical (unpaired) electrons. The van der Waals surface area contributed by atoms with Crippen molar-refractivity contribution in [1.29, 1.82) is 5.41 Å². The van der Waals surface area contributed by atoms with Crippen molar-refractivity contribution in [2.24, 2.45) is 5.73 Å². The first-order valence-electron chi connectivity index (χ1n) is 6.54. The van der Waals surface area contributed by atoms with Crippen molar-refractivity contribution >= 4 is 11.5 Å². The third-order valence-electron chi connectivity index (χ3n) is 3.31. The van der Waals surface area contributed by atoms with Crippen molar-refractivity contribution in [3.63, 3.8) is 0 Å². The minimum absolute atomic E-state index is 0.190. The molecule has 0 saturated heterocycles. The molecule has 18 heavy (non-hydrogen) atoms. The van der Waals surface area contributed by atoms with Crippen molar-refractivity contribution in [3.05, 3.63) is 29.6 Å². The van der Waals surface area contributed by atoms with Crippen LogP contribution < -0.4 is 10.6 Å². The maximum atomic E-state index is 13.8. The minimum Gasteiger partial charge on any atom is -0.384 e. The molecule has 3 N–H and O–H groups in total. The Balaban J connectivity index is 2.34. The van der Waals surface area contributed by atoms with Crippen molar-refractivity contribution in [2.45, 2.75) is 38.6 Å². The summed E-state index contributed by atoms with van der Waals surface area (Å²) in [6.07, 6.45) is 4.48. The van der Waals surface area contributed by atoms with Gasteiger partial charge in [-0.3, -0.25) is 5.41 Å². The van der Waals surface area contributed by atoms with Crippen molar-refractivity contribution in [2.75, 3.05) is 11.4 Å². The van der Waals surface area contributed by atoms with E-state index in [1.807, 2.05) is 6.07 Å². The summed E-state index contributed by atoms with van der Waals surface area (Å²) in [7, 11) is 0. The quantitative estimate of drug-likeness (QED) is 0.601. The molecule has 0 heterocycles. The maximum Gasteiger partial charge on any atom is 0.136 e. The lowest BCUT2D eigenvalue weighted by Gasteiger charge is -2.27. The normalized spacial score (nSPS) is 14.6. The number of hydrogen-bond donors (Lipinski definition) is 2. The number of nitrogens with one attached hydrogen (secondary N) is 1. The molecule has 1 saturated carbocycles. The van der Waals surface area contributed by atoms with Gasteiger partial charge >= 0.3 is 0 Å². The summed E-state index contributed by atoms with van der Waals surface area (Å²) in [6.45, 7) is 3.05. The minimum atomic E-state index is -0.401. The second-order valence-electron chi connectivity index (χ2n) is 4.83. The van der Waals surface area contributed by atoms with Gasteiger partial charge in [-0.2, -0.15) is 0 Å². The molecule has 1 aromatic rings. The van der Waals surface area contributed by atoms with Crippen LogP contribution in [0.3, 0.4) is 0 Å².